The fraction of sp³-hybridized carbons (Fsp3) is 0.455. The molecule has 0 radical (unpaired) electrons. The van der Waals surface area contributed by atoms with Crippen LogP contribution in [0, 0.1) is 11.7 Å². The van der Waals surface area contributed by atoms with Crippen LogP contribution in [0.15, 0.2) is 48.5 Å². The second-order valence-corrected chi connectivity index (χ2v) is 7.78. The van der Waals surface area contributed by atoms with Crippen molar-refractivity contribution in [2.45, 2.75) is 31.4 Å². The van der Waals surface area contributed by atoms with Crippen molar-refractivity contribution in [1.82, 2.24) is 4.90 Å². The fourth-order valence-electron chi connectivity index (χ4n) is 4.20. The molecule has 4 rings (SSSR count). The largest absolute Gasteiger partial charge is 0.397 e. The van der Waals surface area contributed by atoms with Crippen LogP contribution in [-0.4, -0.2) is 37.2 Å². The summed E-state index contributed by atoms with van der Waals surface area (Å²) in [6, 6.07) is 15.2. The molecular weight excluding hydrogens is 341 g/mol. The minimum absolute atomic E-state index is 0.107. The Morgan fingerprint density at radius 2 is 1.81 bits per heavy atom. The Labute approximate surface area is 160 Å². The lowest BCUT2D eigenvalue weighted by Crippen LogP contribution is -2.41. The number of rotatable bonds is 5. The molecule has 2 heterocycles. The molecule has 2 aromatic carbocycles. The van der Waals surface area contributed by atoms with Gasteiger partial charge in [-0.1, -0.05) is 24.3 Å². The van der Waals surface area contributed by atoms with Crippen LogP contribution in [0.1, 0.15) is 30.9 Å². The van der Waals surface area contributed by atoms with Gasteiger partial charge in [0.15, 0.2) is 0 Å². The van der Waals surface area contributed by atoms with E-state index in [0.717, 1.165) is 62.4 Å². The minimum atomic E-state index is -0.193. The highest BCUT2D eigenvalue weighted by Gasteiger charge is 2.29. The van der Waals surface area contributed by atoms with Crippen LogP contribution >= 0.6 is 0 Å². The third kappa shape index (κ3) is 4.60. The molecule has 2 aliphatic rings. The molecule has 2 unspecified atom stereocenters. The van der Waals surface area contributed by atoms with Gasteiger partial charge in [-0.3, -0.25) is 0 Å². The van der Waals surface area contributed by atoms with E-state index in [9.17, 15) is 4.39 Å². The second-order valence-electron chi connectivity index (χ2n) is 7.78. The van der Waals surface area contributed by atoms with Crippen LogP contribution in [0.25, 0.3) is 0 Å². The van der Waals surface area contributed by atoms with Crippen molar-refractivity contribution in [1.29, 1.82) is 0 Å². The number of hydrogen-bond acceptors (Lipinski definition) is 4. The number of para-hydroxylation sites is 2. The predicted molar refractivity (Wildman–Crippen MR) is 107 cm³/mol. The van der Waals surface area contributed by atoms with Gasteiger partial charge in [-0.25, -0.2) is 4.39 Å². The molecule has 3 N–H and O–H groups in total. The van der Waals surface area contributed by atoms with Crippen LogP contribution < -0.4 is 11.1 Å². The lowest BCUT2D eigenvalue weighted by atomic mass is 9.98. The number of benzene rings is 2. The fourth-order valence-corrected chi connectivity index (χ4v) is 4.20. The van der Waals surface area contributed by atoms with Crippen LogP contribution in [-0.2, 0) is 4.74 Å². The van der Waals surface area contributed by atoms with E-state index in [1.54, 1.807) is 0 Å². The van der Waals surface area contributed by atoms with Crippen molar-refractivity contribution in [2.75, 3.05) is 37.3 Å². The first kappa shape index (κ1) is 18.3. The quantitative estimate of drug-likeness (QED) is 0.781. The van der Waals surface area contributed by atoms with E-state index in [4.69, 9.17) is 10.5 Å². The van der Waals surface area contributed by atoms with E-state index in [1.165, 1.54) is 12.1 Å². The average molecular weight is 369 g/mol. The molecule has 0 bridgehead atoms. The van der Waals surface area contributed by atoms with Gasteiger partial charge in [0.2, 0.25) is 0 Å². The molecule has 2 aliphatic heterocycles. The number of likely N-dealkylation sites (tertiary alicyclic amines) is 1. The summed E-state index contributed by atoms with van der Waals surface area (Å²) in [6.45, 7) is 4.07. The number of nitrogens with one attached hydrogen (secondary N) is 1. The first-order valence-electron chi connectivity index (χ1n) is 9.88. The van der Waals surface area contributed by atoms with Gasteiger partial charge in [0.05, 0.1) is 24.1 Å². The highest BCUT2D eigenvalue weighted by molar-refractivity contribution is 5.65. The van der Waals surface area contributed by atoms with Crippen molar-refractivity contribution in [3.05, 3.63) is 59.9 Å². The standard InChI is InChI=1S/C22H28FN3O/c23-18-7-5-17(6-8-18)22-13-16(15-27-22)14-26-11-9-19(10-12-26)25-21-4-2-1-3-20(21)24/h1-8,16,19,22,25H,9-15,24H2. The summed E-state index contributed by atoms with van der Waals surface area (Å²) in [5.41, 5.74) is 8.98. The first-order chi connectivity index (χ1) is 13.2. The summed E-state index contributed by atoms with van der Waals surface area (Å²) in [4.78, 5) is 2.55. The highest BCUT2D eigenvalue weighted by Crippen LogP contribution is 2.33. The van der Waals surface area contributed by atoms with Crippen LogP contribution in [0.5, 0.6) is 0 Å². The van der Waals surface area contributed by atoms with Crippen molar-refractivity contribution >= 4 is 11.4 Å². The van der Waals surface area contributed by atoms with Crippen molar-refractivity contribution < 1.29 is 9.13 Å². The van der Waals surface area contributed by atoms with Gasteiger partial charge >= 0.3 is 0 Å². The zero-order valence-corrected chi connectivity index (χ0v) is 15.6. The number of hydrogen-bond donors (Lipinski definition) is 2. The molecule has 0 aromatic heterocycles. The van der Waals surface area contributed by atoms with E-state index in [-0.39, 0.29) is 11.9 Å². The van der Waals surface area contributed by atoms with E-state index >= 15 is 0 Å². The van der Waals surface area contributed by atoms with Gasteiger partial charge in [-0.05, 0) is 55.0 Å². The number of ether oxygens (including phenoxy) is 1. The predicted octanol–water partition coefficient (Wildman–Crippen LogP) is 4.06. The number of halogens is 1. The minimum Gasteiger partial charge on any atom is -0.397 e. The monoisotopic (exact) mass is 369 g/mol. The van der Waals surface area contributed by atoms with Crippen LogP contribution in [0.2, 0.25) is 0 Å². The molecule has 0 aliphatic carbocycles. The Hall–Kier alpha value is -2.11. The summed E-state index contributed by atoms with van der Waals surface area (Å²) in [5, 5.41) is 3.59. The zero-order chi connectivity index (χ0) is 18.6. The average Bonchev–Trinajstić information content (AvgIpc) is 3.14. The van der Waals surface area contributed by atoms with Crippen LogP contribution in [0.3, 0.4) is 0 Å². The molecule has 2 atom stereocenters. The van der Waals surface area contributed by atoms with Gasteiger partial charge < -0.3 is 20.7 Å². The normalized spacial score (nSPS) is 24.2. The smallest absolute Gasteiger partial charge is 0.123 e. The van der Waals surface area contributed by atoms with Gasteiger partial charge in [-0.2, -0.15) is 0 Å². The molecule has 2 saturated heterocycles. The summed E-state index contributed by atoms with van der Waals surface area (Å²) < 4.78 is 19.1. The molecule has 4 nitrogen and oxygen atoms in total. The van der Waals surface area contributed by atoms with Gasteiger partial charge in [-0.15, -0.1) is 0 Å². The third-order valence-electron chi connectivity index (χ3n) is 5.75. The molecule has 27 heavy (non-hydrogen) atoms. The molecule has 2 fully saturated rings. The molecule has 144 valence electrons. The van der Waals surface area contributed by atoms with Gasteiger partial charge in [0, 0.05) is 25.7 Å². The Bertz CT molecular complexity index is 743. The SMILES string of the molecule is Nc1ccccc1NC1CCN(CC2COC(c3ccc(F)cc3)C2)CC1. The van der Waals surface area contributed by atoms with Crippen molar-refractivity contribution in [3.63, 3.8) is 0 Å². The molecule has 0 amide bonds. The number of anilines is 2. The molecule has 0 saturated carbocycles. The third-order valence-corrected chi connectivity index (χ3v) is 5.75. The van der Waals surface area contributed by atoms with Crippen molar-refractivity contribution in [2.24, 2.45) is 5.92 Å². The van der Waals surface area contributed by atoms with Gasteiger partial charge in [0.25, 0.3) is 0 Å². The highest BCUT2D eigenvalue weighted by atomic mass is 19.1. The number of nitrogens with zero attached hydrogens (tertiary/aromatic N) is 1. The maximum Gasteiger partial charge on any atom is 0.123 e. The Morgan fingerprint density at radius 3 is 2.56 bits per heavy atom. The van der Waals surface area contributed by atoms with E-state index < -0.39 is 0 Å². The lowest BCUT2D eigenvalue weighted by molar-refractivity contribution is 0.102. The maximum atomic E-state index is 13.1. The van der Waals surface area contributed by atoms with Crippen molar-refractivity contribution in [3.8, 4) is 0 Å². The van der Waals surface area contributed by atoms with Crippen LogP contribution in [0.4, 0.5) is 15.8 Å². The first-order valence-corrected chi connectivity index (χ1v) is 9.88. The second kappa shape index (κ2) is 8.28. The summed E-state index contributed by atoms with van der Waals surface area (Å²) in [7, 11) is 0. The Balaban J connectivity index is 1.23. The molecule has 0 spiro atoms. The molecular formula is C22H28FN3O. The molecule has 2 aromatic rings. The lowest BCUT2D eigenvalue weighted by Gasteiger charge is -2.34. The summed E-state index contributed by atoms with van der Waals surface area (Å²) in [6.07, 6.45) is 3.38. The van der Waals surface area contributed by atoms with E-state index in [1.807, 2.05) is 36.4 Å². The zero-order valence-electron chi connectivity index (χ0n) is 15.6. The summed E-state index contributed by atoms with van der Waals surface area (Å²) >= 11 is 0. The number of nitrogen functional groups attached to an aromatic ring is 1. The topological polar surface area (TPSA) is 50.5 Å². The molecule has 5 heteroatoms. The summed E-state index contributed by atoms with van der Waals surface area (Å²) in [5.74, 6) is 0.358. The number of piperidine rings is 1. The Morgan fingerprint density at radius 1 is 1.07 bits per heavy atom. The van der Waals surface area contributed by atoms with E-state index in [0.29, 0.717) is 12.0 Å². The number of nitrogens with two attached hydrogens (primary N) is 1. The van der Waals surface area contributed by atoms with E-state index in [2.05, 4.69) is 10.2 Å². The maximum absolute atomic E-state index is 13.1. The van der Waals surface area contributed by atoms with Gasteiger partial charge in [0.1, 0.15) is 5.82 Å². The Kier molecular flexibility index (Phi) is 5.60.